The maximum Gasteiger partial charge on any atom is 0.251 e. The summed E-state index contributed by atoms with van der Waals surface area (Å²) in [6.45, 7) is 4.39. The molecule has 0 aliphatic heterocycles. The molecule has 4 heteroatoms. The molecule has 0 saturated carbocycles. The molecule has 106 valence electrons. The highest BCUT2D eigenvalue weighted by molar-refractivity contribution is 5.94. The number of aliphatic hydroxyl groups excluding tert-OH is 1. The van der Waals surface area contributed by atoms with Gasteiger partial charge in [0, 0.05) is 31.9 Å². The molecule has 0 heterocycles. The van der Waals surface area contributed by atoms with Crippen LogP contribution in [0.1, 0.15) is 30.6 Å². The van der Waals surface area contributed by atoms with E-state index >= 15 is 0 Å². The Morgan fingerprint density at radius 1 is 1.26 bits per heavy atom. The molecular weight excluding hydrogens is 240 g/mol. The standard InChI is InChI=1S/C15H24N2O2/c1-11(2)9-14(18)10-16-15(19)12-5-7-13(8-6-12)17(3)4/h5-8,11,14,18H,9-10H2,1-4H3,(H,16,19). The van der Waals surface area contributed by atoms with E-state index in [-0.39, 0.29) is 5.91 Å². The van der Waals surface area contributed by atoms with Gasteiger partial charge in [-0.2, -0.15) is 0 Å². The van der Waals surface area contributed by atoms with E-state index in [4.69, 9.17) is 0 Å². The predicted octanol–water partition coefficient (Wildman–Crippen LogP) is 1.89. The zero-order chi connectivity index (χ0) is 14.4. The van der Waals surface area contributed by atoms with Crippen molar-refractivity contribution in [2.24, 2.45) is 5.92 Å². The fraction of sp³-hybridized carbons (Fsp3) is 0.533. The Bertz CT molecular complexity index is 399. The lowest BCUT2D eigenvalue weighted by atomic mass is 10.1. The van der Waals surface area contributed by atoms with Crippen LogP contribution in [-0.2, 0) is 0 Å². The first kappa shape index (κ1) is 15.5. The lowest BCUT2D eigenvalue weighted by molar-refractivity contribution is 0.0900. The summed E-state index contributed by atoms with van der Waals surface area (Å²) in [5.41, 5.74) is 1.67. The molecule has 0 aliphatic rings. The fourth-order valence-electron chi connectivity index (χ4n) is 1.85. The summed E-state index contributed by atoms with van der Waals surface area (Å²) in [6, 6.07) is 7.39. The number of carbonyl (C=O) groups excluding carboxylic acids is 1. The average Bonchev–Trinajstić information content (AvgIpc) is 2.35. The summed E-state index contributed by atoms with van der Waals surface area (Å²) in [5, 5.41) is 12.5. The Balaban J connectivity index is 2.49. The molecule has 1 aromatic rings. The lowest BCUT2D eigenvalue weighted by Gasteiger charge is -2.15. The average molecular weight is 264 g/mol. The SMILES string of the molecule is CC(C)CC(O)CNC(=O)c1ccc(N(C)C)cc1. The Kier molecular flexibility index (Phi) is 5.83. The monoisotopic (exact) mass is 264 g/mol. The number of nitrogens with one attached hydrogen (secondary N) is 1. The van der Waals surface area contributed by atoms with Crippen molar-refractivity contribution in [3.63, 3.8) is 0 Å². The molecule has 0 aliphatic carbocycles. The quantitative estimate of drug-likeness (QED) is 0.825. The van der Waals surface area contributed by atoms with Crippen LogP contribution in [0.15, 0.2) is 24.3 Å². The number of benzene rings is 1. The first-order valence-electron chi connectivity index (χ1n) is 6.63. The summed E-state index contributed by atoms with van der Waals surface area (Å²) in [6.07, 6.45) is 0.213. The third-order valence-electron chi connectivity index (χ3n) is 2.89. The molecular formula is C15H24N2O2. The van der Waals surface area contributed by atoms with E-state index in [2.05, 4.69) is 5.32 Å². The van der Waals surface area contributed by atoms with Gasteiger partial charge >= 0.3 is 0 Å². The van der Waals surface area contributed by atoms with Crippen molar-refractivity contribution in [3.8, 4) is 0 Å². The fourth-order valence-corrected chi connectivity index (χ4v) is 1.85. The van der Waals surface area contributed by atoms with Crippen molar-refractivity contribution < 1.29 is 9.90 Å². The van der Waals surface area contributed by atoms with Crippen LogP contribution in [0.5, 0.6) is 0 Å². The van der Waals surface area contributed by atoms with E-state index in [0.29, 0.717) is 24.4 Å². The molecule has 2 N–H and O–H groups in total. The smallest absolute Gasteiger partial charge is 0.251 e. The van der Waals surface area contributed by atoms with Crippen LogP contribution >= 0.6 is 0 Å². The molecule has 1 unspecified atom stereocenters. The summed E-state index contributed by atoms with van der Waals surface area (Å²) in [4.78, 5) is 13.9. The Labute approximate surface area is 115 Å². The van der Waals surface area contributed by atoms with E-state index in [0.717, 1.165) is 5.69 Å². The number of amides is 1. The van der Waals surface area contributed by atoms with E-state index < -0.39 is 6.10 Å². The van der Waals surface area contributed by atoms with Crippen LogP contribution in [-0.4, -0.2) is 37.8 Å². The van der Waals surface area contributed by atoms with Gasteiger partial charge in [-0.25, -0.2) is 0 Å². The van der Waals surface area contributed by atoms with Crippen LogP contribution < -0.4 is 10.2 Å². The maximum absolute atomic E-state index is 11.9. The van der Waals surface area contributed by atoms with Gasteiger partial charge < -0.3 is 15.3 Å². The number of anilines is 1. The van der Waals surface area contributed by atoms with Crippen molar-refractivity contribution in [2.45, 2.75) is 26.4 Å². The number of rotatable bonds is 6. The van der Waals surface area contributed by atoms with Crippen LogP contribution in [0.4, 0.5) is 5.69 Å². The number of hydrogen-bond acceptors (Lipinski definition) is 3. The largest absolute Gasteiger partial charge is 0.391 e. The van der Waals surface area contributed by atoms with Crippen molar-refractivity contribution in [1.29, 1.82) is 0 Å². The highest BCUT2D eigenvalue weighted by Crippen LogP contribution is 2.12. The first-order chi connectivity index (χ1) is 8.90. The van der Waals surface area contributed by atoms with Gasteiger partial charge in [-0.15, -0.1) is 0 Å². The number of carbonyl (C=O) groups is 1. The predicted molar refractivity (Wildman–Crippen MR) is 78.6 cm³/mol. The van der Waals surface area contributed by atoms with Crippen molar-refractivity contribution in [2.75, 3.05) is 25.5 Å². The number of aliphatic hydroxyl groups is 1. The molecule has 0 aromatic heterocycles. The van der Waals surface area contributed by atoms with Gasteiger partial charge in [-0.05, 0) is 36.6 Å². The van der Waals surface area contributed by atoms with Crippen molar-refractivity contribution in [1.82, 2.24) is 5.32 Å². The van der Waals surface area contributed by atoms with Crippen molar-refractivity contribution in [3.05, 3.63) is 29.8 Å². The molecule has 0 fully saturated rings. The topological polar surface area (TPSA) is 52.6 Å². The van der Waals surface area contributed by atoms with Crippen LogP contribution in [0.3, 0.4) is 0 Å². The third kappa shape index (κ3) is 5.30. The molecule has 1 atom stereocenters. The van der Waals surface area contributed by atoms with E-state index in [1.54, 1.807) is 12.1 Å². The van der Waals surface area contributed by atoms with Gasteiger partial charge in [0.2, 0.25) is 0 Å². The molecule has 0 spiro atoms. The van der Waals surface area contributed by atoms with Crippen molar-refractivity contribution >= 4 is 11.6 Å². The minimum Gasteiger partial charge on any atom is -0.391 e. The molecule has 1 amide bonds. The third-order valence-corrected chi connectivity index (χ3v) is 2.89. The van der Waals surface area contributed by atoms with Gasteiger partial charge in [0.25, 0.3) is 5.91 Å². The second-order valence-electron chi connectivity index (χ2n) is 5.43. The second kappa shape index (κ2) is 7.14. The summed E-state index contributed by atoms with van der Waals surface area (Å²) in [5.74, 6) is 0.277. The highest BCUT2D eigenvalue weighted by Gasteiger charge is 2.10. The highest BCUT2D eigenvalue weighted by atomic mass is 16.3. The van der Waals surface area contributed by atoms with Gasteiger partial charge in [0.05, 0.1) is 6.10 Å². The molecule has 0 bridgehead atoms. The van der Waals surface area contributed by atoms with E-state index in [1.807, 2.05) is 45.0 Å². The molecule has 4 nitrogen and oxygen atoms in total. The zero-order valence-corrected chi connectivity index (χ0v) is 12.2. The first-order valence-corrected chi connectivity index (χ1v) is 6.63. The Hall–Kier alpha value is -1.55. The second-order valence-corrected chi connectivity index (χ2v) is 5.43. The molecule has 1 rings (SSSR count). The Morgan fingerprint density at radius 3 is 2.32 bits per heavy atom. The lowest BCUT2D eigenvalue weighted by Crippen LogP contribution is -2.32. The van der Waals surface area contributed by atoms with Gasteiger partial charge in [-0.3, -0.25) is 4.79 Å². The van der Waals surface area contributed by atoms with Gasteiger partial charge in [-0.1, -0.05) is 13.8 Å². The molecule has 1 aromatic carbocycles. The van der Waals surface area contributed by atoms with E-state index in [1.165, 1.54) is 0 Å². The van der Waals surface area contributed by atoms with E-state index in [9.17, 15) is 9.90 Å². The minimum absolute atomic E-state index is 0.145. The minimum atomic E-state index is -0.481. The van der Waals surface area contributed by atoms with Crippen LogP contribution in [0.2, 0.25) is 0 Å². The summed E-state index contributed by atoms with van der Waals surface area (Å²) in [7, 11) is 3.91. The van der Waals surface area contributed by atoms with Crippen LogP contribution in [0, 0.1) is 5.92 Å². The number of hydrogen-bond donors (Lipinski definition) is 2. The molecule has 0 saturated heterocycles. The normalized spacial score (nSPS) is 12.3. The number of nitrogens with zero attached hydrogens (tertiary/aromatic N) is 1. The Morgan fingerprint density at radius 2 is 1.84 bits per heavy atom. The zero-order valence-electron chi connectivity index (χ0n) is 12.2. The molecule has 19 heavy (non-hydrogen) atoms. The van der Waals surface area contributed by atoms with Crippen LogP contribution in [0.25, 0.3) is 0 Å². The van der Waals surface area contributed by atoms with Gasteiger partial charge in [0.1, 0.15) is 0 Å². The maximum atomic E-state index is 11.9. The summed E-state index contributed by atoms with van der Waals surface area (Å²) >= 11 is 0. The summed E-state index contributed by atoms with van der Waals surface area (Å²) < 4.78 is 0. The molecule has 0 radical (unpaired) electrons. The van der Waals surface area contributed by atoms with Gasteiger partial charge in [0.15, 0.2) is 0 Å².